The van der Waals surface area contributed by atoms with Gasteiger partial charge in [-0.05, 0) is 53.1 Å². The molecule has 0 bridgehead atoms. The van der Waals surface area contributed by atoms with E-state index in [0.717, 1.165) is 48.3 Å². The number of hydrogen-bond acceptors (Lipinski definition) is 3. The molecule has 0 saturated heterocycles. The molecule has 0 saturated carbocycles. The maximum absolute atomic E-state index is 12.4. The number of carbonyl (C=O) groups excluding carboxylic acids is 1. The summed E-state index contributed by atoms with van der Waals surface area (Å²) >= 11 is 3.66. The Balaban J connectivity index is 1.80. The van der Waals surface area contributed by atoms with Crippen LogP contribution >= 0.6 is 15.9 Å². The quantitative estimate of drug-likeness (QED) is 0.273. The molecule has 0 spiro atoms. The Kier molecular flexibility index (Phi) is 4.36. The van der Waals surface area contributed by atoms with Gasteiger partial charge in [0, 0.05) is 15.2 Å². The number of fused-ring (bicyclic) bond motifs is 5. The number of ether oxygens (including phenoxy) is 1. The van der Waals surface area contributed by atoms with Gasteiger partial charge in [-0.15, -0.1) is 0 Å². The minimum absolute atomic E-state index is 0.311. The second-order valence-corrected chi connectivity index (χ2v) is 7.71. The lowest BCUT2D eigenvalue weighted by molar-refractivity contribution is 0.0527. The van der Waals surface area contributed by atoms with E-state index in [0.29, 0.717) is 12.2 Å². The van der Waals surface area contributed by atoms with Crippen LogP contribution in [0, 0.1) is 0 Å². The Morgan fingerprint density at radius 3 is 2.48 bits per heavy atom. The SMILES string of the molecule is CCOC(=O)c1ccccc1-c1ccc2oc3cc(Br)c4ccccc4c3c2c1. The van der Waals surface area contributed by atoms with Crippen LogP contribution in [-0.2, 0) is 4.74 Å². The van der Waals surface area contributed by atoms with E-state index in [-0.39, 0.29) is 5.97 Å². The third-order valence-electron chi connectivity index (χ3n) is 5.16. The maximum Gasteiger partial charge on any atom is 0.338 e. The predicted molar refractivity (Wildman–Crippen MR) is 120 cm³/mol. The number of rotatable bonds is 3. The van der Waals surface area contributed by atoms with Gasteiger partial charge in [-0.1, -0.05) is 64.5 Å². The summed E-state index contributed by atoms with van der Waals surface area (Å²) in [6.45, 7) is 2.16. The van der Waals surface area contributed by atoms with Gasteiger partial charge in [-0.2, -0.15) is 0 Å². The highest BCUT2D eigenvalue weighted by Crippen LogP contribution is 2.39. The van der Waals surface area contributed by atoms with Crippen LogP contribution in [0.1, 0.15) is 17.3 Å². The summed E-state index contributed by atoms with van der Waals surface area (Å²) in [7, 11) is 0. The Hall–Kier alpha value is -3.11. The molecule has 29 heavy (non-hydrogen) atoms. The molecule has 1 heterocycles. The summed E-state index contributed by atoms with van der Waals surface area (Å²) in [5, 5.41) is 4.38. The molecular formula is C25H17BrO3. The zero-order valence-corrected chi connectivity index (χ0v) is 17.3. The lowest BCUT2D eigenvalue weighted by Crippen LogP contribution is -2.06. The molecular weight excluding hydrogens is 428 g/mol. The summed E-state index contributed by atoms with van der Waals surface area (Å²) in [6.07, 6.45) is 0. The van der Waals surface area contributed by atoms with Gasteiger partial charge < -0.3 is 9.15 Å². The first-order chi connectivity index (χ1) is 14.2. The summed E-state index contributed by atoms with van der Waals surface area (Å²) in [4.78, 5) is 12.4. The Bertz CT molecular complexity index is 1400. The molecule has 142 valence electrons. The van der Waals surface area contributed by atoms with E-state index in [1.807, 2.05) is 55.5 Å². The molecule has 0 aliphatic carbocycles. The van der Waals surface area contributed by atoms with Gasteiger partial charge in [0.25, 0.3) is 0 Å². The van der Waals surface area contributed by atoms with Crippen molar-refractivity contribution >= 4 is 54.6 Å². The number of halogens is 1. The first-order valence-corrected chi connectivity index (χ1v) is 10.3. The average molecular weight is 445 g/mol. The van der Waals surface area contributed by atoms with Gasteiger partial charge in [-0.3, -0.25) is 0 Å². The van der Waals surface area contributed by atoms with Crippen molar-refractivity contribution < 1.29 is 13.9 Å². The highest BCUT2D eigenvalue weighted by molar-refractivity contribution is 9.10. The van der Waals surface area contributed by atoms with Crippen molar-refractivity contribution in [2.75, 3.05) is 6.61 Å². The van der Waals surface area contributed by atoms with Gasteiger partial charge in [0.05, 0.1) is 12.2 Å². The molecule has 0 N–H and O–H groups in total. The van der Waals surface area contributed by atoms with Gasteiger partial charge in [-0.25, -0.2) is 4.79 Å². The van der Waals surface area contributed by atoms with Crippen LogP contribution in [0.25, 0.3) is 43.8 Å². The van der Waals surface area contributed by atoms with E-state index in [1.54, 1.807) is 6.07 Å². The second kappa shape index (κ2) is 7.05. The average Bonchev–Trinajstić information content (AvgIpc) is 3.11. The first-order valence-electron chi connectivity index (χ1n) is 9.47. The second-order valence-electron chi connectivity index (χ2n) is 6.86. The van der Waals surface area contributed by atoms with E-state index in [9.17, 15) is 4.79 Å². The normalized spacial score (nSPS) is 11.4. The van der Waals surface area contributed by atoms with E-state index in [1.165, 1.54) is 0 Å². The fraction of sp³-hybridized carbons (Fsp3) is 0.0800. The van der Waals surface area contributed by atoms with Crippen molar-refractivity contribution in [2.24, 2.45) is 0 Å². The van der Waals surface area contributed by atoms with Crippen LogP contribution in [0.3, 0.4) is 0 Å². The largest absolute Gasteiger partial charge is 0.462 e. The van der Waals surface area contributed by atoms with Gasteiger partial charge in [0.1, 0.15) is 11.2 Å². The lowest BCUT2D eigenvalue weighted by Gasteiger charge is -2.09. The molecule has 0 atom stereocenters. The monoisotopic (exact) mass is 444 g/mol. The molecule has 0 amide bonds. The fourth-order valence-corrected chi connectivity index (χ4v) is 4.44. The number of carbonyl (C=O) groups is 1. The Morgan fingerprint density at radius 2 is 1.66 bits per heavy atom. The fourth-order valence-electron chi connectivity index (χ4n) is 3.89. The molecule has 0 aliphatic heterocycles. The van der Waals surface area contributed by atoms with Crippen molar-refractivity contribution in [3.63, 3.8) is 0 Å². The molecule has 5 aromatic rings. The topological polar surface area (TPSA) is 39.4 Å². The first kappa shape index (κ1) is 18.0. The molecule has 0 aliphatic rings. The van der Waals surface area contributed by atoms with Crippen LogP contribution in [0.15, 0.2) is 81.7 Å². The van der Waals surface area contributed by atoms with E-state index in [2.05, 4.69) is 34.1 Å². The Morgan fingerprint density at radius 1 is 0.897 bits per heavy atom. The molecule has 4 heteroatoms. The lowest BCUT2D eigenvalue weighted by atomic mass is 9.97. The molecule has 3 nitrogen and oxygen atoms in total. The van der Waals surface area contributed by atoms with Gasteiger partial charge >= 0.3 is 5.97 Å². The predicted octanol–water partition coefficient (Wildman–Crippen LogP) is 7.35. The van der Waals surface area contributed by atoms with Crippen molar-refractivity contribution in [1.82, 2.24) is 0 Å². The summed E-state index contributed by atoms with van der Waals surface area (Å²) in [5.74, 6) is -0.311. The number of esters is 1. The molecule has 5 rings (SSSR count). The molecule has 0 radical (unpaired) electrons. The van der Waals surface area contributed by atoms with Crippen LogP contribution < -0.4 is 0 Å². The van der Waals surface area contributed by atoms with Crippen LogP contribution in [-0.4, -0.2) is 12.6 Å². The smallest absolute Gasteiger partial charge is 0.338 e. The highest BCUT2D eigenvalue weighted by atomic mass is 79.9. The minimum atomic E-state index is -0.311. The minimum Gasteiger partial charge on any atom is -0.462 e. The van der Waals surface area contributed by atoms with Crippen molar-refractivity contribution in [2.45, 2.75) is 6.92 Å². The zero-order chi connectivity index (χ0) is 20.0. The van der Waals surface area contributed by atoms with Crippen LogP contribution in [0.4, 0.5) is 0 Å². The molecule has 0 fully saturated rings. The van der Waals surface area contributed by atoms with E-state index in [4.69, 9.17) is 9.15 Å². The van der Waals surface area contributed by atoms with Crippen molar-refractivity contribution in [3.05, 3.63) is 82.8 Å². The third kappa shape index (κ3) is 2.91. The third-order valence-corrected chi connectivity index (χ3v) is 5.82. The number of benzene rings is 4. The van der Waals surface area contributed by atoms with E-state index < -0.39 is 0 Å². The van der Waals surface area contributed by atoms with E-state index >= 15 is 0 Å². The summed E-state index contributed by atoms with van der Waals surface area (Å²) in [6, 6.07) is 23.9. The van der Waals surface area contributed by atoms with Crippen molar-refractivity contribution in [1.29, 1.82) is 0 Å². The summed E-state index contributed by atoms with van der Waals surface area (Å²) in [5.41, 5.74) is 4.02. The molecule has 4 aromatic carbocycles. The molecule has 1 aromatic heterocycles. The molecule has 0 unspecified atom stereocenters. The standard InChI is InChI=1S/C25H17BrO3/c1-2-28-25(27)19-10-6-3-7-16(19)15-11-12-22-20(13-15)24-18-9-5-4-8-17(18)21(26)14-23(24)29-22/h3-14H,2H2,1H3. The number of furan rings is 1. The maximum atomic E-state index is 12.4. The Labute approximate surface area is 176 Å². The van der Waals surface area contributed by atoms with Crippen LogP contribution in [0.2, 0.25) is 0 Å². The van der Waals surface area contributed by atoms with Crippen molar-refractivity contribution in [3.8, 4) is 11.1 Å². The highest BCUT2D eigenvalue weighted by Gasteiger charge is 2.17. The number of hydrogen-bond donors (Lipinski definition) is 0. The zero-order valence-electron chi connectivity index (χ0n) is 15.7. The van der Waals surface area contributed by atoms with Gasteiger partial charge in [0.15, 0.2) is 0 Å². The van der Waals surface area contributed by atoms with Gasteiger partial charge in [0.2, 0.25) is 0 Å². The summed E-state index contributed by atoms with van der Waals surface area (Å²) < 4.78 is 12.4. The van der Waals surface area contributed by atoms with Crippen LogP contribution in [0.5, 0.6) is 0 Å².